The van der Waals surface area contributed by atoms with Gasteiger partial charge in [-0.1, -0.05) is 191 Å². The molecular formula is C68H66N4O. The lowest BCUT2D eigenvalue weighted by atomic mass is 9.77. The van der Waals surface area contributed by atoms with Gasteiger partial charge in [-0.25, -0.2) is 4.98 Å². The zero-order valence-corrected chi connectivity index (χ0v) is 44.0. The van der Waals surface area contributed by atoms with Gasteiger partial charge in [-0.2, -0.15) is 0 Å². The summed E-state index contributed by atoms with van der Waals surface area (Å²) in [4.78, 5) is 10.0. The van der Waals surface area contributed by atoms with Crippen LogP contribution in [-0.4, -0.2) is 16.2 Å². The number of benzene rings is 8. The summed E-state index contributed by atoms with van der Waals surface area (Å²) in [7, 11) is 0. The molecule has 0 N–H and O–H groups in total. The van der Waals surface area contributed by atoms with E-state index in [4.69, 9.17) is 9.72 Å². The van der Waals surface area contributed by atoms with Gasteiger partial charge < -0.3 is 14.5 Å². The van der Waals surface area contributed by atoms with Crippen molar-refractivity contribution in [2.45, 2.75) is 90.9 Å². The fourth-order valence-electron chi connectivity index (χ4n) is 10.7. The fraction of sp³-hybridized carbons (Fsp3) is 0.221. The van der Waals surface area contributed by atoms with Crippen LogP contribution in [0.1, 0.15) is 103 Å². The summed E-state index contributed by atoms with van der Waals surface area (Å²) >= 11 is 0. The maximum Gasteiger partial charge on any atom is 0.137 e. The van der Waals surface area contributed by atoms with Crippen LogP contribution in [-0.2, 0) is 21.7 Å². The quantitative estimate of drug-likeness (QED) is 0.137. The normalized spacial score (nSPS) is 13.2. The topological polar surface area (TPSA) is 33.5 Å². The number of nitrogens with zero attached hydrogens (tertiary/aromatic N) is 4. The molecule has 0 radical (unpaired) electrons. The van der Waals surface area contributed by atoms with Crippen LogP contribution in [0.3, 0.4) is 0 Å². The minimum atomic E-state index is -0.249. The third-order valence-electron chi connectivity index (χ3n) is 15.4. The van der Waals surface area contributed by atoms with E-state index in [-0.39, 0.29) is 21.7 Å². The number of rotatable bonds is 10. The molecule has 11 rings (SSSR count). The average molecular weight is 955 g/mol. The first-order chi connectivity index (χ1) is 34.9. The SMILES string of the molecule is CC(C)(C)c1cc(Oc2ccc3c4ccccc4n(-c4cc(C(C)(C)c5ccccc5)ccn4)c3c2)cc(N2CN(c3cc(-c4ccccc4)cc(C(C)(C)c4ccccc4)c3)c3cc(C(C)(C)C)ccc32)c1. The van der Waals surface area contributed by atoms with Crippen LogP contribution in [0.2, 0.25) is 0 Å². The summed E-state index contributed by atoms with van der Waals surface area (Å²) in [6, 6.07) is 73.0. The highest BCUT2D eigenvalue weighted by Gasteiger charge is 2.33. The van der Waals surface area contributed by atoms with E-state index in [0.29, 0.717) is 6.67 Å². The molecule has 5 nitrogen and oxygen atoms in total. The molecule has 5 heteroatoms. The van der Waals surface area contributed by atoms with Crippen LogP contribution < -0.4 is 14.5 Å². The molecule has 0 unspecified atom stereocenters. The Balaban J connectivity index is 1.02. The minimum absolute atomic E-state index is 0.0436. The number of aromatic nitrogens is 2. The van der Waals surface area contributed by atoms with Crippen molar-refractivity contribution >= 4 is 44.6 Å². The largest absolute Gasteiger partial charge is 0.457 e. The van der Waals surface area contributed by atoms with Crippen LogP contribution in [0.15, 0.2) is 206 Å². The Morgan fingerprint density at radius 2 is 0.973 bits per heavy atom. The Morgan fingerprint density at radius 3 is 1.66 bits per heavy atom. The van der Waals surface area contributed by atoms with Crippen LogP contribution in [0, 0.1) is 0 Å². The molecule has 2 aromatic heterocycles. The molecule has 0 spiro atoms. The molecular weight excluding hydrogens is 889 g/mol. The van der Waals surface area contributed by atoms with Gasteiger partial charge in [0.25, 0.3) is 0 Å². The molecule has 73 heavy (non-hydrogen) atoms. The molecule has 0 bridgehead atoms. The van der Waals surface area contributed by atoms with Crippen LogP contribution in [0.25, 0.3) is 38.8 Å². The number of hydrogen-bond donors (Lipinski definition) is 0. The van der Waals surface area contributed by atoms with E-state index < -0.39 is 0 Å². The second-order valence-corrected chi connectivity index (χ2v) is 23.1. The van der Waals surface area contributed by atoms with Crippen molar-refractivity contribution in [3.8, 4) is 28.4 Å². The Labute approximate surface area is 432 Å². The van der Waals surface area contributed by atoms with Crippen molar-refractivity contribution < 1.29 is 4.74 Å². The zero-order chi connectivity index (χ0) is 50.9. The molecule has 1 aliphatic rings. The van der Waals surface area contributed by atoms with Crippen molar-refractivity contribution in [1.82, 2.24) is 9.55 Å². The second-order valence-electron chi connectivity index (χ2n) is 23.1. The van der Waals surface area contributed by atoms with E-state index in [1.807, 2.05) is 6.20 Å². The third kappa shape index (κ3) is 8.86. The number of hydrogen-bond acceptors (Lipinski definition) is 4. The summed E-state index contributed by atoms with van der Waals surface area (Å²) in [5.41, 5.74) is 16.0. The molecule has 3 heterocycles. The van der Waals surface area contributed by atoms with E-state index in [0.717, 1.165) is 50.8 Å². The maximum absolute atomic E-state index is 7.09. The van der Waals surface area contributed by atoms with Crippen molar-refractivity contribution in [2.24, 2.45) is 0 Å². The van der Waals surface area contributed by atoms with E-state index in [1.165, 1.54) is 55.6 Å². The summed E-state index contributed by atoms with van der Waals surface area (Å²) in [5, 5.41) is 2.32. The van der Waals surface area contributed by atoms with Crippen molar-refractivity contribution in [3.05, 3.63) is 240 Å². The van der Waals surface area contributed by atoms with Gasteiger partial charge >= 0.3 is 0 Å². The number of pyridine rings is 1. The van der Waals surface area contributed by atoms with Gasteiger partial charge in [0.1, 0.15) is 24.0 Å². The predicted molar refractivity (Wildman–Crippen MR) is 307 cm³/mol. The van der Waals surface area contributed by atoms with Gasteiger partial charge in [0, 0.05) is 51.3 Å². The zero-order valence-electron chi connectivity index (χ0n) is 44.0. The lowest BCUT2D eigenvalue weighted by Crippen LogP contribution is -2.25. The monoisotopic (exact) mass is 955 g/mol. The van der Waals surface area contributed by atoms with Crippen LogP contribution in [0.4, 0.5) is 22.7 Å². The minimum Gasteiger partial charge on any atom is -0.457 e. The molecule has 10 aromatic rings. The number of ether oxygens (including phenoxy) is 1. The van der Waals surface area contributed by atoms with E-state index in [9.17, 15) is 0 Å². The van der Waals surface area contributed by atoms with E-state index in [2.05, 4.69) is 284 Å². The summed E-state index contributed by atoms with van der Waals surface area (Å²) < 4.78 is 9.39. The molecule has 0 atom stereocenters. The van der Waals surface area contributed by atoms with Crippen LogP contribution >= 0.6 is 0 Å². The first-order valence-corrected chi connectivity index (χ1v) is 25.8. The highest BCUT2D eigenvalue weighted by molar-refractivity contribution is 6.09. The highest BCUT2D eigenvalue weighted by Crippen LogP contribution is 2.49. The Morgan fingerprint density at radius 1 is 0.384 bits per heavy atom. The lowest BCUT2D eigenvalue weighted by Gasteiger charge is -2.30. The van der Waals surface area contributed by atoms with E-state index >= 15 is 0 Å². The lowest BCUT2D eigenvalue weighted by molar-refractivity contribution is 0.479. The number of anilines is 4. The van der Waals surface area contributed by atoms with Crippen molar-refractivity contribution in [2.75, 3.05) is 16.5 Å². The first-order valence-electron chi connectivity index (χ1n) is 25.8. The third-order valence-corrected chi connectivity index (χ3v) is 15.4. The standard InChI is InChI=1S/C68H66N4O/c1-65(2,3)50-30-33-61-63(41-50)71(54-37-47(46-22-14-11-15-23-46)36-53(39-54)68(9,10)49-26-18-13-19-27-49)45-70(61)55-38-52(66(4,5)6)40-57(43-55)73-56-31-32-59-58-28-20-21-29-60(58)72(62(59)44-56)64-42-51(34-35-69-64)67(7,8)48-24-16-12-17-25-48/h11-44H,45H2,1-10H3. The van der Waals surface area contributed by atoms with Crippen LogP contribution in [0.5, 0.6) is 11.5 Å². The highest BCUT2D eigenvalue weighted by atomic mass is 16.5. The summed E-state index contributed by atoms with van der Waals surface area (Å²) in [6.07, 6.45) is 1.95. The van der Waals surface area contributed by atoms with E-state index in [1.54, 1.807) is 0 Å². The summed E-state index contributed by atoms with van der Waals surface area (Å²) in [5.74, 6) is 2.43. The van der Waals surface area contributed by atoms with Gasteiger partial charge in [-0.3, -0.25) is 4.57 Å². The number of para-hydroxylation sites is 1. The predicted octanol–water partition coefficient (Wildman–Crippen LogP) is 18.1. The molecule has 0 saturated carbocycles. The molecule has 8 aromatic carbocycles. The summed E-state index contributed by atoms with van der Waals surface area (Å²) in [6.45, 7) is 23.6. The van der Waals surface area contributed by atoms with Gasteiger partial charge in [-0.05, 0) is 122 Å². The first kappa shape index (κ1) is 47.4. The van der Waals surface area contributed by atoms with Crippen molar-refractivity contribution in [1.29, 1.82) is 0 Å². The Kier molecular flexibility index (Phi) is 11.7. The molecule has 0 aliphatic carbocycles. The fourth-order valence-corrected chi connectivity index (χ4v) is 10.7. The average Bonchev–Trinajstić information content (AvgIpc) is 3.94. The molecule has 1 aliphatic heterocycles. The van der Waals surface area contributed by atoms with Crippen molar-refractivity contribution in [3.63, 3.8) is 0 Å². The van der Waals surface area contributed by atoms with Gasteiger partial charge in [0.2, 0.25) is 0 Å². The smallest absolute Gasteiger partial charge is 0.137 e. The van der Waals surface area contributed by atoms with Gasteiger partial charge in [-0.15, -0.1) is 0 Å². The molecule has 364 valence electrons. The maximum atomic E-state index is 7.09. The molecule has 0 amide bonds. The Bertz CT molecular complexity index is 3650. The molecule has 0 fully saturated rings. The van der Waals surface area contributed by atoms with Gasteiger partial charge in [0.05, 0.1) is 22.4 Å². The molecule has 0 saturated heterocycles. The van der Waals surface area contributed by atoms with Gasteiger partial charge in [0.15, 0.2) is 0 Å². The number of fused-ring (bicyclic) bond motifs is 4. The Hall–Kier alpha value is -7.89. The second kappa shape index (κ2) is 18.0.